The largest absolute Gasteiger partial charge is 0.329 e. The first-order chi connectivity index (χ1) is 7.60. The molecule has 4 heteroatoms. The molecule has 0 aliphatic carbocycles. The predicted molar refractivity (Wildman–Crippen MR) is 64.6 cm³/mol. The molecule has 1 rings (SSSR count). The quantitative estimate of drug-likeness (QED) is 0.791. The Morgan fingerprint density at radius 2 is 2.31 bits per heavy atom. The summed E-state index contributed by atoms with van der Waals surface area (Å²) in [6.07, 6.45) is 5.25. The summed E-state index contributed by atoms with van der Waals surface area (Å²) in [5, 5.41) is 3.38. The van der Waals surface area contributed by atoms with Crippen molar-refractivity contribution in [2.75, 3.05) is 6.54 Å². The number of nitrogens with one attached hydrogen (secondary N) is 1. The molecule has 0 saturated carbocycles. The summed E-state index contributed by atoms with van der Waals surface area (Å²) in [6, 6.07) is 3.97. The Labute approximate surface area is 100.0 Å². The first kappa shape index (κ1) is 13.0. The van der Waals surface area contributed by atoms with E-state index in [1.165, 1.54) is 6.07 Å². The average molecular weight is 241 g/mol. The van der Waals surface area contributed by atoms with E-state index in [9.17, 15) is 4.39 Å². The fraction of sp³-hybridized carbons (Fsp3) is 0.333. The molecule has 0 amide bonds. The van der Waals surface area contributed by atoms with Crippen LogP contribution < -0.4 is 11.1 Å². The first-order valence-electron chi connectivity index (χ1n) is 4.96. The van der Waals surface area contributed by atoms with Crippen molar-refractivity contribution in [2.45, 2.75) is 19.0 Å². The number of nitrogens with two attached hydrogens (primary N) is 1. The van der Waals surface area contributed by atoms with Crippen LogP contribution in [0.5, 0.6) is 0 Å². The highest BCUT2D eigenvalue weighted by molar-refractivity contribution is 6.31. The number of terminal acetylenes is 1. The molecule has 86 valence electrons. The monoisotopic (exact) mass is 240 g/mol. The summed E-state index contributed by atoms with van der Waals surface area (Å²) >= 11 is 5.94. The molecule has 0 heterocycles. The van der Waals surface area contributed by atoms with Crippen LogP contribution in [0.4, 0.5) is 4.39 Å². The summed E-state index contributed by atoms with van der Waals surface area (Å²) < 4.78 is 13.6. The van der Waals surface area contributed by atoms with E-state index in [1.54, 1.807) is 19.1 Å². The Balaban J connectivity index is 3.00. The van der Waals surface area contributed by atoms with Crippen molar-refractivity contribution in [1.29, 1.82) is 0 Å². The highest BCUT2D eigenvalue weighted by Crippen LogP contribution is 2.25. The van der Waals surface area contributed by atoms with Gasteiger partial charge >= 0.3 is 0 Å². The van der Waals surface area contributed by atoms with Crippen molar-refractivity contribution in [1.82, 2.24) is 5.32 Å². The van der Waals surface area contributed by atoms with Crippen molar-refractivity contribution >= 4 is 11.6 Å². The number of hydrogen-bond acceptors (Lipinski definition) is 2. The van der Waals surface area contributed by atoms with Crippen LogP contribution in [-0.2, 0) is 0 Å². The van der Waals surface area contributed by atoms with Crippen molar-refractivity contribution < 1.29 is 4.39 Å². The second kappa shape index (κ2) is 5.86. The second-order valence-electron chi connectivity index (χ2n) is 3.48. The van der Waals surface area contributed by atoms with Gasteiger partial charge in [-0.05, 0) is 19.1 Å². The normalized spacial score (nSPS) is 14.2. The molecule has 0 fully saturated rings. The number of rotatable bonds is 4. The zero-order valence-electron chi connectivity index (χ0n) is 9.00. The molecular weight excluding hydrogens is 227 g/mol. The van der Waals surface area contributed by atoms with Gasteiger partial charge in [-0.2, -0.15) is 0 Å². The van der Waals surface area contributed by atoms with Crippen LogP contribution >= 0.6 is 11.6 Å². The maximum Gasteiger partial charge on any atom is 0.129 e. The van der Waals surface area contributed by atoms with E-state index in [2.05, 4.69) is 11.2 Å². The Hall–Kier alpha value is -1.08. The Morgan fingerprint density at radius 3 is 2.81 bits per heavy atom. The van der Waals surface area contributed by atoms with E-state index < -0.39 is 0 Å². The van der Waals surface area contributed by atoms with Gasteiger partial charge in [-0.3, -0.25) is 5.32 Å². The first-order valence-corrected chi connectivity index (χ1v) is 5.34. The maximum atomic E-state index is 13.6. The minimum atomic E-state index is -0.375. The lowest BCUT2D eigenvalue weighted by Crippen LogP contribution is -2.34. The number of benzene rings is 1. The van der Waals surface area contributed by atoms with Gasteiger partial charge in [0.2, 0.25) is 0 Å². The number of halogens is 2. The van der Waals surface area contributed by atoms with Gasteiger partial charge in [0.25, 0.3) is 0 Å². The maximum absolute atomic E-state index is 13.6. The Bertz CT molecular complexity index is 380. The van der Waals surface area contributed by atoms with Gasteiger partial charge in [0.15, 0.2) is 0 Å². The Kier molecular flexibility index (Phi) is 4.75. The molecule has 1 aromatic carbocycles. The average Bonchev–Trinajstić information content (AvgIpc) is 2.27. The van der Waals surface area contributed by atoms with E-state index in [-0.39, 0.29) is 24.4 Å². The molecule has 0 bridgehead atoms. The molecule has 0 radical (unpaired) electrons. The predicted octanol–water partition coefficient (Wildman–Crippen LogP) is 2.09. The Morgan fingerprint density at radius 1 is 1.62 bits per heavy atom. The van der Waals surface area contributed by atoms with Crippen molar-refractivity contribution in [3.8, 4) is 12.3 Å². The molecule has 16 heavy (non-hydrogen) atoms. The third kappa shape index (κ3) is 2.96. The van der Waals surface area contributed by atoms with E-state index in [0.717, 1.165) is 0 Å². The minimum absolute atomic E-state index is 0.191. The molecule has 3 N–H and O–H groups in total. The van der Waals surface area contributed by atoms with Crippen molar-refractivity contribution in [2.24, 2.45) is 5.73 Å². The van der Waals surface area contributed by atoms with Crippen molar-refractivity contribution in [3.63, 3.8) is 0 Å². The standard InChI is InChI=1S/C12H14ClFN2/c1-3-8(2)16-11(7-15)12-9(13)5-4-6-10(12)14/h1,4-6,8,11,16H,7,15H2,2H3. The summed E-state index contributed by atoms with van der Waals surface area (Å²) in [5.74, 6) is 2.13. The van der Waals surface area contributed by atoms with E-state index in [4.69, 9.17) is 23.8 Å². The molecule has 2 nitrogen and oxygen atoms in total. The molecule has 0 aliphatic rings. The summed E-state index contributed by atoms with van der Waals surface area (Å²) in [6.45, 7) is 2.03. The zero-order valence-corrected chi connectivity index (χ0v) is 9.76. The highest BCUT2D eigenvalue weighted by Gasteiger charge is 2.18. The van der Waals surface area contributed by atoms with Gasteiger partial charge < -0.3 is 5.73 Å². The number of hydrogen-bond donors (Lipinski definition) is 2. The third-order valence-electron chi connectivity index (χ3n) is 2.29. The van der Waals surface area contributed by atoms with Gasteiger partial charge in [-0.1, -0.05) is 23.6 Å². The topological polar surface area (TPSA) is 38.0 Å². The molecule has 0 aliphatic heterocycles. The van der Waals surface area contributed by atoms with Crippen LogP contribution in [0.25, 0.3) is 0 Å². The van der Waals surface area contributed by atoms with Gasteiger partial charge in [0, 0.05) is 23.2 Å². The summed E-state index contributed by atoms with van der Waals surface area (Å²) in [4.78, 5) is 0. The fourth-order valence-corrected chi connectivity index (χ4v) is 1.76. The van der Waals surface area contributed by atoms with Crippen LogP contribution in [0.1, 0.15) is 18.5 Å². The smallest absolute Gasteiger partial charge is 0.129 e. The van der Waals surface area contributed by atoms with E-state index in [1.807, 2.05) is 0 Å². The van der Waals surface area contributed by atoms with E-state index >= 15 is 0 Å². The van der Waals surface area contributed by atoms with Crippen LogP contribution in [-0.4, -0.2) is 12.6 Å². The third-order valence-corrected chi connectivity index (χ3v) is 2.61. The second-order valence-corrected chi connectivity index (χ2v) is 3.89. The van der Waals surface area contributed by atoms with Gasteiger partial charge in [0.1, 0.15) is 5.82 Å². The van der Waals surface area contributed by atoms with E-state index in [0.29, 0.717) is 10.6 Å². The summed E-state index contributed by atoms with van der Waals surface area (Å²) in [7, 11) is 0. The molecule has 0 saturated heterocycles. The lowest BCUT2D eigenvalue weighted by Gasteiger charge is -2.21. The minimum Gasteiger partial charge on any atom is -0.329 e. The molecule has 2 unspecified atom stereocenters. The van der Waals surface area contributed by atoms with Crippen LogP contribution in [0.3, 0.4) is 0 Å². The van der Waals surface area contributed by atoms with Crippen molar-refractivity contribution in [3.05, 3.63) is 34.6 Å². The lowest BCUT2D eigenvalue weighted by atomic mass is 10.1. The van der Waals surface area contributed by atoms with Gasteiger partial charge in [-0.15, -0.1) is 6.42 Å². The van der Waals surface area contributed by atoms with Crippen LogP contribution in [0, 0.1) is 18.2 Å². The molecule has 0 spiro atoms. The fourth-order valence-electron chi connectivity index (χ4n) is 1.46. The molecule has 2 atom stereocenters. The summed E-state index contributed by atoms with van der Waals surface area (Å²) in [5.41, 5.74) is 5.96. The van der Waals surface area contributed by atoms with Gasteiger partial charge in [0.05, 0.1) is 6.04 Å². The zero-order chi connectivity index (χ0) is 12.1. The highest BCUT2D eigenvalue weighted by atomic mass is 35.5. The van der Waals surface area contributed by atoms with Gasteiger partial charge in [-0.25, -0.2) is 4.39 Å². The molecule has 0 aromatic heterocycles. The molecule has 1 aromatic rings. The lowest BCUT2D eigenvalue weighted by molar-refractivity contribution is 0.490. The molecular formula is C12H14ClFN2. The SMILES string of the molecule is C#CC(C)NC(CN)c1c(F)cccc1Cl. The van der Waals surface area contributed by atoms with Crippen LogP contribution in [0.2, 0.25) is 5.02 Å². The van der Waals surface area contributed by atoms with Crippen LogP contribution in [0.15, 0.2) is 18.2 Å².